The third-order valence-corrected chi connectivity index (χ3v) is 5.54. The molecule has 0 spiro atoms. The Morgan fingerprint density at radius 3 is 2.42 bits per heavy atom. The number of piperazine rings is 1. The average molecular weight is 379 g/mol. The second-order valence-corrected chi connectivity index (χ2v) is 7.48. The minimum Gasteiger partial charge on any atom is -0.462 e. The first kappa shape index (κ1) is 18.8. The maximum atomic E-state index is 12.5. The minimum atomic E-state index is -0.390. The summed E-state index contributed by atoms with van der Waals surface area (Å²) in [4.78, 5) is 38.8. The monoisotopic (exact) mass is 379 g/mol. The number of nitrogens with zero attached hydrogens (tertiary/aromatic N) is 5. The van der Waals surface area contributed by atoms with E-state index in [1.54, 1.807) is 11.8 Å². The third-order valence-electron chi connectivity index (χ3n) is 4.60. The van der Waals surface area contributed by atoms with Crippen molar-refractivity contribution in [2.45, 2.75) is 13.8 Å². The highest BCUT2D eigenvalue weighted by Crippen LogP contribution is 2.27. The van der Waals surface area contributed by atoms with Crippen molar-refractivity contribution >= 4 is 35.9 Å². The summed E-state index contributed by atoms with van der Waals surface area (Å²) < 4.78 is 5.24. The normalized spacial score (nSPS) is 18.0. The van der Waals surface area contributed by atoms with Gasteiger partial charge in [0.05, 0.1) is 12.3 Å². The van der Waals surface area contributed by atoms with E-state index in [9.17, 15) is 9.59 Å². The Kier molecular flexibility index (Phi) is 6.18. The quantitative estimate of drug-likeness (QED) is 0.549. The summed E-state index contributed by atoms with van der Waals surface area (Å²) in [6, 6.07) is 0. The average Bonchev–Trinajstić information content (AvgIpc) is 2.68. The molecule has 3 heterocycles. The highest BCUT2D eigenvalue weighted by molar-refractivity contribution is 7.99. The van der Waals surface area contributed by atoms with Gasteiger partial charge in [0.15, 0.2) is 0 Å². The maximum Gasteiger partial charge on any atom is 0.343 e. The van der Waals surface area contributed by atoms with Gasteiger partial charge in [0.1, 0.15) is 11.4 Å². The summed E-state index contributed by atoms with van der Waals surface area (Å²) in [5.41, 5.74) is 1.07. The van der Waals surface area contributed by atoms with E-state index in [-0.39, 0.29) is 0 Å². The zero-order valence-electron chi connectivity index (χ0n) is 15.3. The minimum absolute atomic E-state index is 0.307. The van der Waals surface area contributed by atoms with E-state index in [1.807, 2.05) is 18.7 Å². The van der Waals surface area contributed by atoms with Crippen molar-refractivity contribution in [2.75, 3.05) is 67.2 Å². The van der Waals surface area contributed by atoms with Crippen LogP contribution in [0.15, 0.2) is 0 Å². The van der Waals surface area contributed by atoms with Gasteiger partial charge >= 0.3 is 5.97 Å². The van der Waals surface area contributed by atoms with Crippen LogP contribution >= 0.6 is 11.8 Å². The summed E-state index contributed by atoms with van der Waals surface area (Å²) in [7, 11) is 0. The molecule has 142 valence electrons. The molecule has 2 aliphatic rings. The molecule has 0 unspecified atom stereocenters. The largest absolute Gasteiger partial charge is 0.462 e. The predicted molar refractivity (Wildman–Crippen MR) is 102 cm³/mol. The second kappa shape index (κ2) is 8.57. The number of aryl methyl sites for hydroxylation is 1. The van der Waals surface area contributed by atoms with E-state index in [0.29, 0.717) is 55.8 Å². The van der Waals surface area contributed by atoms with E-state index in [0.717, 1.165) is 31.0 Å². The van der Waals surface area contributed by atoms with Gasteiger partial charge in [0.2, 0.25) is 12.4 Å². The van der Waals surface area contributed by atoms with Crippen molar-refractivity contribution in [1.82, 2.24) is 14.9 Å². The van der Waals surface area contributed by atoms with E-state index in [2.05, 4.69) is 14.8 Å². The predicted octanol–water partition coefficient (Wildman–Crippen LogP) is 0.793. The molecule has 0 N–H and O–H groups in total. The zero-order valence-corrected chi connectivity index (χ0v) is 16.1. The molecule has 9 heteroatoms. The smallest absolute Gasteiger partial charge is 0.343 e. The van der Waals surface area contributed by atoms with Gasteiger partial charge in [0, 0.05) is 50.8 Å². The number of hydrogen-bond acceptors (Lipinski definition) is 8. The van der Waals surface area contributed by atoms with Crippen LogP contribution in [0, 0.1) is 6.92 Å². The van der Waals surface area contributed by atoms with Crippen LogP contribution in [0.2, 0.25) is 0 Å². The summed E-state index contributed by atoms with van der Waals surface area (Å²) in [6.07, 6.45) is 0.867. The van der Waals surface area contributed by atoms with E-state index in [4.69, 9.17) is 9.72 Å². The molecule has 0 aromatic carbocycles. The number of anilines is 2. The van der Waals surface area contributed by atoms with Crippen LogP contribution in [0.5, 0.6) is 0 Å². The van der Waals surface area contributed by atoms with Crippen LogP contribution < -0.4 is 9.80 Å². The molecule has 1 aromatic rings. The van der Waals surface area contributed by atoms with Gasteiger partial charge in [-0.2, -0.15) is 16.7 Å². The Morgan fingerprint density at radius 1 is 1.12 bits per heavy atom. The van der Waals surface area contributed by atoms with Gasteiger partial charge in [-0.25, -0.2) is 9.78 Å². The highest BCUT2D eigenvalue weighted by Gasteiger charge is 2.28. The number of thioether (sulfide) groups is 1. The number of hydrogen-bond donors (Lipinski definition) is 0. The number of carbonyl (C=O) groups excluding carboxylic acids is 2. The molecular weight excluding hydrogens is 354 g/mol. The fourth-order valence-electron chi connectivity index (χ4n) is 3.16. The van der Waals surface area contributed by atoms with Crippen LogP contribution in [-0.2, 0) is 9.53 Å². The van der Waals surface area contributed by atoms with Crippen molar-refractivity contribution in [3.63, 3.8) is 0 Å². The lowest BCUT2D eigenvalue weighted by Crippen LogP contribution is -2.47. The molecule has 0 radical (unpaired) electrons. The summed E-state index contributed by atoms with van der Waals surface area (Å²) in [5, 5.41) is 0. The van der Waals surface area contributed by atoms with E-state index in [1.165, 1.54) is 0 Å². The Hall–Kier alpha value is -2.03. The van der Waals surface area contributed by atoms with Crippen LogP contribution in [-0.4, -0.2) is 84.6 Å². The lowest BCUT2D eigenvalue weighted by molar-refractivity contribution is -0.118. The van der Waals surface area contributed by atoms with Crippen LogP contribution in [0.4, 0.5) is 11.8 Å². The van der Waals surface area contributed by atoms with Crippen molar-refractivity contribution in [2.24, 2.45) is 0 Å². The summed E-state index contributed by atoms with van der Waals surface area (Å²) >= 11 is 1.93. The first-order chi connectivity index (χ1) is 12.6. The fraction of sp³-hybridized carbons (Fsp3) is 0.647. The van der Waals surface area contributed by atoms with Crippen molar-refractivity contribution < 1.29 is 14.3 Å². The molecule has 2 fully saturated rings. The molecule has 3 rings (SSSR count). The lowest BCUT2D eigenvalue weighted by Gasteiger charge is -2.35. The van der Waals surface area contributed by atoms with E-state index < -0.39 is 5.97 Å². The summed E-state index contributed by atoms with van der Waals surface area (Å²) in [6.45, 7) is 8.24. The van der Waals surface area contributed by atoms with E-state index >= 15 is 0 Å². The molecule has 26 heavy (non-hydrogen) atoms. The Labute approximate surface area is 157 Å². The molecule has 8 nitrogen and oxygen atoms in total. The van der Waals surface area contributed by atoms with Gasteiger partial charge in [-0.05, 0) is 13.8 Å². The number of carbonyl (C=O) groups is 2. The first-order valence-electron chi connectivity index (χ1n) is 8.96. The standard InChI is InChI=1S/C17H25N5O3S/c1-3-25-16(24)14-13(2)18-17(22-8-10-26-11-9-22)19-15(14)21-6-4-20(12-23)5-7-21/h12H,3-11H2,1-2H3. The molecule has 0 atom stereocenters. The molecule has 0 bridgehead atoms. The number of rotatable bonds is 5. The van der Waals surface area contributed by atoms with Crippen LogP contribution in [0.1, 0.15) is 23.0 Å². The van der Waals surface area contributed by atoms with Crippen molar-refractivity contribution in [3.8, 4) is 0 Å². The molecule has 0 aliphatic carbocycles. The van der Waals surface area contributed by atoms with Gasteiger partial charge in [0.25, 0.3) is 0 Å². The molecule has 1 amide bonds. The van der Waals surface area contributed by atoms with Crippen molar-refractivity contribution in [3.05, 3.63) is 11.3 Å². The summed E-state index contributed by atoms with van der Waals surface area (Å²) in [5.74, 6) is 3.00. The molecule has 2 saturated heterocycles. The Morgan fingerprint density at radius 2 is 1.81 bits per heavy atom. The maximum absolute atomic E-state index is 12.5. The van der Waals surface area contributed by atoms with Crippen LogP contribution in [0.25, 0.3) is 0 Å². The van der Waals surface area contributed by atoms with Crippen molar-refractivity contribution in [1.29, 1.82) is 0 Å². The van der Waals surface area contributed by atoms with Gasteiger partial charge < -0.3 is 19.4 Å². The lowest BCUT2D eigenvalue weighted by atomic mass is 10.2. The second-order valence-electron chi connectivity index (χ2n) is 6.26. The molecular formula is C17H25N5O3S. The molecule has 2 aliphatic heterocycles. The number of aromatic nitrogens is 2. The number of ether oxygens (including phenoxy) is 1. The Balaban J connectivity index is 1.95. The van der Waals surface area contributed by atoms with Crippen LogP contribution in [0.3, 0.4) is 0 Å². The first-order valence-corrected chi connectivity index (χ1v) is 10.1. The fourth-order valence-corrected chi connectivity index (χ4v) is 4.06. The van der Waals surface area contributed by atoms with Gasteiger partial charge in [-0.3, -0.25) is 4.79 Å². The highest BCUT2D eigenvalue weighted by atomic mass is 32.2. The zero-order chi connectivity index (χ0) is 18.5. The van der Waals surface area contributed by atoms with Gasteiger partial charge in [-0.15, -0.1) is 0 Å². The number of esters is 1. The Bertz CT molecular complexity index is 658. The molecule has 0 saturated carbocycles. The third kappa shape index (κ3) is 4.03. The number of amides is 1. The SMILES string of the molecule is CCOC(=O)c1c(C)nc(N2CCSCC2)nc1N1CCN(C=O)CC1. The topological polar surface area (TPSA) is 78.9 Å². The molecule has 1 aromatic heterocycles. The van der Waals surface area contributed by atoms with Gasteiger partial charge in [-0.1, -0.05) is 0 Å².